The molecule has 0 unspecified atom stereocenters. The minimum Gasteiger partial charge on any atom is -0.377 e. The van der Waals surface area contributed by atoms with Gasteiger partial charge in [-0.2, -0.15) is 0 Å². The Labute approximate surface area is 118 Å². The van der Waals surface area contributed by atoms with E-state index in [2.05, 4.69) is 21.2 Å². The summed E-state index contributed by atoms with van der Waals surface area (Å²) in [6, 6.07) is 5.78. The van der Waals surface area contributed by atoms with E-state index < -0.39 is 0 Å². The van der Waals surface area contributed by atoms with Crippen LogP contribution in [-0.4, -0.2) is 25.2 Å². The second-order valence-corrected chi connectivity index (χ2v) is 5.83. The molecule has 1 aromatic rings. The van der Waals surface area contributed by atoms with Crippen LogP contribution in [0.25, 0.3) is 6.08 Å². The summed E-state index contributed by atoms with van der Waals surface area (Å²) in [6.07, 6.45) is 1.70. The van der Waals surface area contributed by atoms with Crippen molar-refractivity contribution in [3.8, 4) is 0 Å². The van der Waals surface area contributed by atoms with E-state index in [9.17, 15) is 9.59 Å². The topological polar surface area (TPSA) is 49.4 Å². The van der Waals surface area contributed by atoms with Gasteiger partial charge < -0.3 is 4.90 Å². The fourth-order valence-electron chi connectivity index (χ4n) is 1.55. The zero-order chi connectivity index (χ0) is 13.3. The summed E-state index contributed by atoms with van der Waals surface area (Å²) < 4.78 is 0.941. The second kappa shape index (κ2) is 5.16. The van der Waals surface area contributed by atoms with Gasteiger partial charge in [-0.1, -0.05) is 6.07 Å². The molecule has 0 aliphatic carbocycles. The molecule has 1 saturated heterocycles. The number of imide groups is 1. The molecular weight excluding hydrogens is 316 g/mol. The van der Waals surface area contributed by atoms with Gasteiger partial charge in [0.1, 0.15) is 0 Å². The molecular formula is C12H11BrN2O2S. The Hall–Kier alpha value is -1.27. The van der Waals surface area contributed by atoms with Gasteiger partial charge in [0, 0.05) is 18.6 Å². The number of benzene rings is 1. The van der Waals surface area contributed by atoms with E-state index in [4.69, 9.17) is 0 Å². The molecule has 0 aromatic heterocycles. The van der Waals surface area contributed by atoms with Crippen molar-refractivity contribution in [2.45, 2.75) is 0 Å². The highest BCUT2D eigenvalue weighted by Gasteiger charge is 2.24. The van der Waals surface area contributed by atoms with Crippen LogP contribution in [0.15, 0.2) is 27.6 Å². The normalized spacial score (nSPS) is 17.2. The lowest BCUT2D eigenvalue weighted by Crippen LogP contribution is -2.17. The van der Waals surface area contributed by atoms with E-state index in [0.717, 1.165) is 27.5 Å². The fraction of sp³-hybridized carbons (Fsp3) is 0.167. The monoisotopic (exact) mass is 326 g/mol. The molecule has 1 N–H and O–H groups in total. The van der Waals surface area contributed by atoms with Crippen LogP contribution in [0, 0.1) is 0 Å². The summed E-state index contributed by atoms with van der Waals surface area (Å²) in [7, 11) is 3.91. The molecule has 1 heterocycles. The molecule has 1 fully saturated rings. The molecule has 2 amide bonds. The average molecular weight is 327 g/mol. The Balaban J connectivity index is 2.31. The Bertz CT molecular complexity index is 555. The molecule has 1 aromatic carbocycles. The van der Waals surface area contributed by atoms with E-state index >= 15 is 0 Å². The van der Waals surface area contributed by atoms with Gasteiger partial charge in [0.25, 0.3) is 11.1 Å². The maximum Gasteiger partial charge on any atom is 0.290 e. The lowest BCUT2D eigenvalue weighted by molar-refractivity contribution is -0.115. The van der Waals surface area contributed by atoms with Gasteiger partial charge in [0.05, 0.1) is 10.6 Å². The number of nitrogens with zero attached hydrogens (tertiary/aromatic N) is 1. The molecule has 0 spiro atoms. The lowest BCUT2D eigenvalue weighted by atomic mass is 10.2. The smallest absolute Gasteiger partial charge is 0.290 e. The van der Waals surface area contributed by atoms with E-state index in [1.807, 2.05) is 37.2 Å². The van der Waals surface area contributed by atoms with Gasteiger partial charge in [-0.3, -0.25) is 14.9 Å². The number of carbonyl (C=O) groups excluding carboxylic acids is 2. The van der Waals surface area contributed by atoms with Crippen LogP contribution >= 0.6 is 27.7 Å². The van der Waals surface area contributed by atoms with Gasteiger partial charge in [-0.25, -0.2) is 0 Å². The van der Waals surface area contributed by atoms with Crippen molar-refractivity contribution in [2.75, 3.05) is 19.0 Å². The molecule has 0 radical (unpaired) electrons. The lowest BCUT2D eigenvalue weighted by Gasteiger charge is -2.14. The number of anilines is 1. The van der Waals surface area contributed by atoms with E-state index in [1.54, 1.807) is 6.08 Å². The molecule has 6 heteroatoms. The summed E-state index contributed by atoms with van der Waals surface area (Å²) in [4.78, 5) is 24.9. The minimum absolute atomic E-state index is 0.324. The third-order valence-corrected chi connectivity index (χ3v) is 3.84. The first kappa shape index (κ1) is 13.2. The Morgan fingerprint density at radius 3 is 2.56 bits per heavy atom. The number of amides is 2. The van der Waals surface area contributed by atoms with Crippen molar-refractivity contribution in [3.63, 3.8) is 0 Å². The summed E-state index contributed by atoms with van der Waals surface area (Å²) >= 11 is 4.40. The SMILES string of the molecule is CN(C)c1ccc(C=C2SC(=O)NC2=O)cc1Br. The number of halogens is 1. The minimum atomic E-state index is -0.335. The standard InChI is InChI=1S/C12H11BrN2O2S/c1-15(2)9-4-3-7(5-8(9)13)6-10-11(16)14-12(17)18-10/h3-6H,1-2H3,(H,14,16,17). The summed E-state index contributed by atoms with van der Waals surface area (Å²) in [6.45, 7) is 0. The predicted molar refractivity (Wildman–Crippen MR) is 77.6 cm³/mol. The Morgan fingerprint density at radius 1 is 1.33 bits per heavy atom. The molecule has 4 nitrogen and oxygen atoms in total. The first-order valence-electron chi connectivity index (χ1n) is 5.19. The largest absolute Gasteiger partial charge is 0.377 e. The van der Waals surface area contributed by atoms with Crippen LogP contribution in [0.3, 0.4) is 0 Å². The highest BCUT2D eigenvalue weighted by atomic mass is 79.9. The Morgan fingerprint density at radius 2 is 2.06 bits per heavy atom. The third kappa shape index (κ3) is 2.76. The zero-order valence-electron chi connectivity index (χ0n) is 9.86. The van der Waals surface area contributed by atoms with Gasteiger partial charge in [0.2, 0.25) is 0 Å². The average Bonchev–Trinajstić information content (AvgIpc) is 2.57. The van der Waals surface area contributed by atoms with E-state index in [0.29, 0.717) is 4.91 Å². The van der Waals surface area contributed by atoms with Crippen molar-refractivity contribution >= 4 is 50.6 Å². The van der Waals surface area contributed by atoms with Crippen LogP contribution in [0.5, 0.6) is 0 Å². The Kier molecular flexibility index (Phi) is 3.77. The predicted octanol–water partition coefficient (Wildman–Crippen LogP) is 2.84. The molecule has 94 valence electrons. The number of nitrogens with one attached hydrogen (secondary N) is 1. The maximum atomic E-state index is 11.4. The van der Waals surface area contributed by atoms with Crippen LogP contribution in [0.2, 0.25) is 0 Å². The molecule has 1 aliphatic rings. The third-order valence-electron chi connectivity index (χ3n) is 2.39. The van der Waals surface area contributed by atoms with Crippen LogP contribution in [0.1, 0.15) is 5.56 Å². The molecule has 1 aliphatic heterocycles. The maximum absolute atomic E-state index is 11.4. The first-order chi connectivity index (χ1) is 8.47. The van der Waals surface area contributed by atoms with Gasteiger partial charge in [0.15, 0.2) is 0 Å². The quantitative estimate of drug-likeness (QED) is 0.849. The van der Waals surface area contributed by atoms with Crippen molar-refractivity contribution in [1.29, 1.82) is 0 Å². The van der Waals surface area contributed by atoms with Gasteiger partial charge in [-0.05, 0) is 51.5 Å². The zero-order valence-corrected chi connectivity index (χ0v) is 12.3. The summed E-state index contributed by atoms with van der Waals surface area (Å²) in [5, 5.41) is 1.90. The van der Waals surface area contributed by atoms with Crippen molar-refractivity contribution < 1.29 is 9.59 Å². The van der Waals surface area contributed by atoms with Crippen LogP contribution in [0.4, 0.5) is 10.5 Å². The van der Waals surface area contributed by atoms with Gasteiger partial charge >= 0.3 is 0 Å². The van der Waals surface area contributed by atoms with E-state index in [-0.39, 0.29) is 11.1 Å². The number of rotatable bonds is 2. The molecule has 0 bridgehead atoms. The van der Waals surface area contributed by atoms with Crippen molar-refractivity contribution in [1.82, 2.24) is 5.32 Å². The van der Waals surface area contributed by atoms with Crippen LogP contribution in [-0.2, 0) is 4.79 Å². The van der Waals surface area contributed by atoms with Crippen LogP contribution < -0.4 is 10.2 Å². The van der Waals surface area contributed by atoms with Crippen molar-refractivity contribution in [2.24, 2.45) is 0 Å². The first-order valence-corrected chi connectivity index (χ1v) is 6.80. The number of hydrogen-bond acceptors (Lipinski definition) is 4. The second-order valence-electron chi connectivity index (χ2n) is 3.96. The number of hydrogen-bond donors (Lipinski definition) is 1. The number of thioether (sulfide) groups is 1. The highest BCUT2D eigenvalue weighted by Crippen LogP contribution is 2.29. The molecule has 2 rings (SSSR count). The number of carbonyl (C=O) groups is 2. The highest BCUT2D eigenvalue weighted by molar-refractivity contribution is 9.10. The fourth-order valence-corrected chi connectivity index (χ4v) is 2.98. The molecule has 0 saturated carbocycles. The van der Waals surface area contributed by atoms with Crippen molar-refractivity contribution in [3.05, 3.63) is 33.1 Å². The summed E-state index contributed by atoms with van der Waals surface area (Å²) in [5.74, 6) is -0.335. The van der Waals surface area contributed by atoms with E-state index in [1.165, 1.54) is 0 Å². The van der Waals surface area contributed by atoms with Gasteiger partial charge in [-0.15, -0.1) is 0 Å². The molecule has 18 heavy (non-hydrogen) atoms. The molecule has 0 atom stereocenters. The summed E-state index contributed by atoms with van der Waals surface area (Å²) in [5.41, 5.74) is 1.93.